The van der Waals surface area contributed by atoms with E-state index in [0.717, 1.165) is 0 Å². The molecule has 0 heterocycles. The van der Waals surface area contributed by atoms with Crippen molar-refractivity contribution in [1.29, 1.82) is 0 Å². The van der Waals surface area contributed by atoms with Gasteiger partial charge in [0.1, 0.15) is 11.0 Å². The summed E-state index contributed by atoms with van der Waals surface area (Å²) < 4.78 is 20.9. The summed E-state index contributed by atoms with van der Waals surface area (Å²) in [5.41, 5.74) is 0. The van der Waals surface area contributed by atoms with Crippen LogP contribution in [0.15, 0.2) is 0 Å². The van der Waals surface area contributed by atoms with Gasteiger partial charge in [0.15, 0.2) is 0 Å². The van der Waals surface area contributed by atoms with Crippen LogP contribution in [0.5, 0.6) is 0 Å². The van der Waals surface area contributed by atoms with Crippen molar-refractivity contribution in [3.8, 4) is 0 Å². The molecule has 0 saturated heterocycles. The van der Waals surface area contributed by atoms with E-state index in [0.29, 0.717) is 0 Å². The van der Waals surface area contributed by atoms with Crippen molar-refractivity contribution in [2.75, 3.05) is 0 Å². The van der Waals surface area contributed by atoms with Crippen LogP contribution in [0.1, 0.15) is 20.3 Å². The first-order valence-electron chi connectivity index (χ1n) is 2.88. The van der Waals surface area contributed by atoms with Crippen LogP contribution in [0.3, 0.4) is 0 Å². The number of Topliss-reactive ketones (excluding diaryl/α,β-unsaturated/α-hetero) is 1. The molecule has 0 aromatic heterocycles. The molecular formula is C5H10NO3S. The predicted molar refractivity (Wildman–Crippen MR) is 36.8 cm³/mol. The van der Waals surface area contributed by atoms with Gasteiger partial charge in [0.05, 0.1) is 0 Å². The van der Waals surface area contributed by atoms with E-state index in [1.54, 1.807) is 6.92 Å². The molecule has 1 unspecified atom stereocenters. The Balaban J connectivity index is 4.55. The topological polar surface area (TPSA) is 75.0 Å². The summed E-state index contributed by atoms with van der Waals surface area (Å²) in [6.45, 7) is 2.75. The van der Waals surface area contributed by atoms with E-state index in [2.05, 4.69) is 0 Å². The average Bonchev–Trinajstić information content (AvgIpc) is 1.60. The number of carbonyl (C=O) groups excluding carboxylic acids is 1. The highest BCUT2D eigenvalue weighted by Gasteiger charge is 2.24. The number of carbonyl (C=O) groups is 1. The number of hydrogen-bond donors (Lipinski definition) is 0. The van der Waals surface area contributed by atoms with Gasteiger partial charge in [-0.1, -0.05) is 6.92 Å². The fraction of sp³-hybridized carbons (Fsp3) is 0.800. The maximum absolute atomic E-state index is 10.5. The van der Waals surface area contributed by atoms with Crippen LogP contribution < -0.4 is 5.14 Å². The third kappa shape index (κ3) is 2.45. The summed E-state index contributed by atoms with van der Waals surface area (Å²) in [4.78, 5) is 10.5. The first-order valence-corrected chi connectivity index (χ1v) is 4.43. The van der Waals surface area contributed by atoms with E-state index >= 15 is 0 Å². The zero-order valence-corrected chi connectivity index (χ0v) is 6.73. The maximum Gasteiger partial charge on any atom is 0.235 e. The van der Waals surface area contributed by atoms with E-state index in [1.165, 1.54) is 6.92 Å². The Morgan fingerprint density at radius 2 is 2.00 bits per heavy atom. The first kappa shape index (κ1) is 9.58. The van der Waals surface area contributed by atoms with Crippen LogP contribution >= 0.6 is 0 Å². The lowest BCUT2D eigenvalue weighted by Gasteiger charge is -2.05. The van der Waals surface area contributed by atoms with Gasteiger partial charge in [-0.15, -0.1) is 5.14 Å². The predicted octanol–water partition coefficient (Wildman–Crippen LogP) is -0.0333. The highest BCUT2D eigenvalue weighted by Crippen LogP contribution is 2.03. The Hall–Kier alpha value is -0.420. The highest BCUT2D eigenvalue weighted by molar-refractivity contribution is 7.90. The van der Waals surface area contributed by atoms with Crippen molar-refractivity contribution in [1.82, 2.24) is 5.14 Å². The molecule has 0 aliphatic rings. The molecular weight excluding hydrogens is 154 g/mol. The molecule has 0 aromatic rings. The van der Waals surface area contributed by atoms with Crippen molar-refractivity contribution in [3.63, 3.8) is 0 Å². The number of ketones is 1. The van der Waals surface area contributed by atoms with Crippen molar-refractivity contribution < 1.29 is 13.2 Å². The van der Waals surface area contributed by atoms with Crippen molar-refractivity contribution in [2.24, 2.45) is 0 Å². The Morgan fingerprint density at radius 3 is 2.00 bits per heavy atom. The standard InChI is InChI=1S/C5H10NO3S/c1-3-5(4(2)7)10(6,8)9/h5-6H,3H2,1-2H3. The normalized spacial score (nSPS) is 14.7. The van der Waals surface area contributed by atoms with Crippen LogP contribution in [0, 0.1) is 0 Å². The smallest absolute Gasteiger partial charge is 0.235 e. The Bertz CT molecular complexity index is 219. The van der Waals surface area contributed by atoms with E-state index < -0.39 is 21.1 Å². The first-order chi connectivity index (χ1) is 4.39. The number of nitrogens with one attached hydrogen (secondary N) is 1. The van der Waals surface area contributed by atoms with Crippen LogP contribution in [-0.2, 0) is 14.8 Å². The number of hydrogen-bond acceptors (Lipinski definition) is 3. The molecule has 0 aliphatic heterocycles. The zero-order chi connectivity index (χ0) is 8.36. The van der Waals surface area contributed by atoms with Crippen LogP contribution in [-0.4, -0.2) is 19.5 Å². The summed E-state index contributed by atoms with van der Waals surface area (Å²) in [6.07, 6.45) is 0.182. The van der Waals surface area contributed by atoms with Gasteiger partial charge in [0, 0.05) is 0 Å². The molecule has 0 saturated carbocycles. The summed E-state index contributed by atoms with van der Waals surface area (Å²) in [5, 5.41) is 5.44. The SMILES string of the molecule is CCC(C(C)=O)S([NH])(=O)=O. The van der Waals surface area contributed by atoms with Crippen molar-refractivity contribution >= 4 is 15.8 Å². The molecule has 4 nitrogen and oxygen atoms in total. The van der Waals surface area contributed by atoms with Gasteiger partial charge < -0.3 is 0 Å². The van der Waals surface area contributed by atoms with E-state index in [9.17, 15) is 13.2 Å². The Labute approximate surface area is 60.5 Å². The summed E-state index contributed by atoms with van der Waals surface area (Å²) in [6, 6.07) is 0. The molecule has 1 N–H and O–H groups in total. The van der Waals surface area contributed by atoms with Crippen LogP contribution in [0.25, 0.3) is 0 Å². The molecule has 59 valence electrons. The van der Waals surface area contributed by atoms with E-state index in [1.807, 2.05) is 0 Å². The van der Waals surface area contributed by atoms with Crippen LogP contribution in [0.4, 0.5) is 0 Å². The fourth-order valence-electron chi connectivity index (χ4n) is 0.725. The number of sulfonamides is 1. The molecule has 0 aromatic carbocycles. The molecule has 0 rings (SSSR count). The summed E-state index contributed by atoms with van der Waals surface area (Å²) in [7, 11) is -3.91. The maximum atomic E-state index is 10.5. The highest BCUT2D eigenvalue weighted by atomic mass is 32.2. The Kier molecular flexibility index (Phi) is 2.98. The molecule has 1 atom stereocenters. The quantitative estimate of drug-likeness (QED) is 0.587. The summed E-state index contributed by atoms with van der Waals surface area (Å²) in [5.74, 6) is -0.461. The minimum absolute atomic E-state index is 0.182. The van der Waals surface area contributed by atoms with Crippen LogP contribution in [0.2, 0.25) is 0 Å². The molecule has 0 fully saturated rings. The molecule has 1 radical (unpaired) electrons. The van der Waals surface area contributed by atoms with Gasteiger partial charge >= 0.3 is 0 Å². The zero-order valence-electron chi connectivity index (χ0n) is 5.92. The lowest BCUT2D eigenvalue weighted by molar-refractivity contribution is -0.116. The molecule has 0 amide bonds. The van der Waals surface area contributed by atoms with Gasteiger partial charge in [0.2, 0.25) is 10.0 Å². The third-order valence-electron chi connectivity index (χ3n) is 1.20. The lowest BCUT2D eigenvalue weighted by Crippen LogP contribution is -2.27. The van der Waals surface area contributed by atoms with Gasteiger partial charge in [-0.05, 0) is 13.3 Å². The molecule has 0 bridgehead atoms. The van der Waals surface area contributed by atoms with Gasteiger partial charge in [-0.3, -0.25) is 4.79 Å². The average molecular weight is 164 g/mol. The summed E-state index contributed by atoms with van der Waals surface area (Å²) >= 11 is 0. The minimum Gasteiger partial charge on any atom is -0.299 e. The second kappa shape index (κ2) is 3.12. The van der Waals surface area contributed by atoms with Crippen molar-refractivity contribution in [2.45, 2.75) is 25.5 Å². The third-order valence-corrected chi connectivity index (χ3v) is 2.61. The van der Waals surface area contributed by atoms with E-state index in [4.69, 9.17) is 5.14 Å². The molecule has 0 aliphatic carbocycles. The minimum atomic E-state index is -3.91. The largest absolute Gasteiger partial charge is 0.299 e. The monoisotopic (exact) mass is 164 g/mol. The number of rotatable bonds is 3. The molecule has 5 heteroatoms. The second-order valence-corrected chi connectivity index (χ2v) is 3.71. The molecule has 0 spiro atoms. The molecule has 10 heavy (non-hydrogen) atoms. The lowest BCUT2D eigenvalue weighted by atomic mass is 10.2. The Morgan fingerprint density at radius 1 is 1.60 bits per heavy atom. The van der Waals surface area contributed by atoms with E-state index in [-0.39, 0.29) is 6.42 Å². The fourth-order valence-corrected chi connectivity index (χ4v) is 1.60. The second-order valence-electron chi connectivity index (χ2n) is 2.05. The van der Waals surface area contributed by atoms with Gasteiger partial charge in [-0.25, -0.2) is 8.42 Å². The van der Waals surface area contributed by atoms with Gasteiger partial charge in [-0.2, -0.15) is 0 Å². The van der Waals surface area contributed by atoms with Crippen molar-refractivity contribution in [3.05, 3.63) is 0 Å². The van der Waals surface area contributed by atoms with Gasteiger partial charge in [0.25, 0.3) is 0 Å².